The number of rotatable bonds is 1. The molecule has 0 aliphatic heterocycles. The third-order valence-electron chi connectivity index (χ3n) is 1.58. The molecule has 0 aliphatic carbocycles. The molecule has 5 heteroatoms. The van der Waals surface area contributed by atoms with Gasteiger partial charge in [0, 0.05) is 6.07 Å². The van der Waals surface area contributed by atoms with Crippen LogP contribution in [0, 0.1) is 0 Å². The molecule has 2 aromatic heterocycles. The fourth-order valence-corrected chi connectivity index (χ4v) is 1.07. The summed E-state index contributed by atoms with van der Waals surface area (Å²) in [6, 6.07) is 1.71. The topological polar surface area (TPSA) is 65.4 Å². The fraction of sp³-hybridized carbons (Fsp3) is 0.143. The standard InChI is InChI=1S/C7H8N4O/c1-12-6-2-5(8)3-11-7(6)9-4-10-11/h2-4H,8H2,1H3. The molecule has 0 radical (unpaired) electrons. The van der Waals surface area contributed by atoms with Crippen LogP contribution >= 0.6 is 0 Å². The Morgan fingerprint density at radius 1 is 1.58 bits per heavy atom. The molecule has 0 unspecified atom stereocenters. The molecule has 2 heterocycles. The monoisotopic (exact) mass is 164 g/mol. The van der Waals surface area contributed by atoms with E-state index < -0.39 is 0 Å². The first-order chi connectivity index (χ1) is 5.81. The predicted molar refractivity (Wildman–Crippen MR) is 44.0 cm³/mol. The average Bonchev–Trinajstić information content (AvgIpc) is 2.50. The van der Waals surface area contributed by atoms with Gasteiger partial charge in [-0.2, -0.15) is 5.10 Å². The van der Waals surface area contributed by atoms with Crippen LogP contribution in [0.5, 0.6) is 5.75 Å². The first-order valence-electron chi connectivity index (χ1n) is 3.44. The van der Waals surface area contributed by atoms with E-state index in [-0.39, 0.29) is 0 Å². The smallest absolute Gasteiger partial charge is 0.197 e. The van der Waals surface area contributed by atoms with Crippen LogP contribution in [-0.4, -0.2) is 21.7 Å². The van der Waals surface area contributed by atoms with E-state index in [0.717, 1.165) is 0 Å². The van der Waals surface area contributed by atoms with Crippen LogP contribution in [0.15, 0.2) is 18.6 Å². The SMILES string of the molecule is COc1cc(N)cn2ncnc12. The zero-order valence-corrected chi connectivity index (χ0v) is 6.56. The number of ether oxygens (including phenoxy) is 1. The van der Waals surface area contributed by atoms with E-state index in [4.69, 9.17) is 10.5 Å². The van der Waals surface area contributed by atoms with E-state index in [2.05, 4.69) is 10.1 Å². The molecular formula is C7H8N4O. The highest BCUT2D eigenvalue weighted by Gasteiger charge is 2.03. The number of aromatic nitrogens is 3. The van der Waals surface area contributed by atoms with Gasteiger partial charge in [-0.1, -0.05) is 0 Å². The zero-order valence-electron chi connectivity index (χ0n) is 6.56. The number of fused-ring (bicyclic) bond motifs is 1. The van der Waals surface area contributed by atoms with Crippen LogP contribution < -0.4 is 10.5 Å². The maximum Gasteiger partial charge on any atom is 0.197 e. The minimum absolute atomic E-state index is 0.602. The molecule has 2 N–H and O–H groups in total. The molecule has 0 aliphatic rings. The molecule has 2 rings (SSSR count). The summed E-state index contributed by atoms with van der Waals surface area (Å²) in [5.41, 5.74) is 6.87. The Balaban J connectivity index is 2.80. The maximum atomic E-state index is 5.59. The molecule has 0 amide bonds. The van der Waals surface area contributed by atoms with Crippen LogP contribution in [0.2, 0.25) is 0 Å². The first-order valence-corrected chi connectivity index (χ1v) is 3.44. The number of nitrogens with two attached hydrogens (primary N) is 1. The molecule has 0 saturated heterocycles. The van der Waals surface area contributed by atoms with Crippen molar-refractivity contribution in [3.63, 3.8) is 0 Å². The van der Waals surface area contributed by atoms with Crippen molar-refractivity contribution in [2.45, 2.75) is 0 Å². The van der Waals surface area contributed by atoms with E-state index in [1.807, 2.05) is 0 Å². The van der Waals surface area contributed by atoms with Gasteiger partial charge in [0.25, 0.3) is 0 Å². The molecule has 0 saturated carbocycles. The summed E-state index contributed by atoms with van der Waals surface area (Å²) < 4.78 is 6.64. The molecule has 0 aromatic carbocycles. The third kappa shape index (κ3) is 0.868. The average molecular weight is 164 g/mol. The van der Waals surface area contributed by atoms with Crippen molar-refractivity contribution >= 4 is 11.3 Å². The summed E-state index contributed by atoms with van der Waals surface area (Å²) >= 11 is 0. The lowest BCUT2D eigenvalue weighted by Crippen LogP contribution is -1.95. The highest BCUT2D eigenvalue weighted by molar-refractivity contribution is 5.58. The summed E-state index contributed by atoms with van der Waals surface area (Å²) in [5, 5.41) is 3.93. The Morgan fingerprint density at radius 3 is 3.17 bits per heavy atom. The van der Waals surface area contributed by atoms with Crippen molar-refractivity contribution in [1.82, 2.24) is 14.6 Å². The molecule has 0 atom stereocenters. The number of nitrogen functional groups attached to an aromatic ring is 1. The number of hydrogen-bond acceptors (Lipinski definition) is 4. The highest BCUT2D eigenvalue weighted by Crippen LogP contribution is 2.19. The van der Waals surface area contributed by atoms with Crippen molar-refractivity contribution in [2.75, 3.05) is 12.8 Å². The lowest BCUT2D eigenvalue weighted by Gasteiger charge is -2.01. The minimum atomic E-state index is 0.602. The van der Waals surface area contributed by atoms with E-state index in [9.17, 15) is 0 Å². The minimum Gasteiger partial charge on any atom is -0.493 e. The summed E-state index contributed by atoms with van der Waals surface area (Å²) in [7, 11) is 1.57. The van der Waals surface area contributed by atoms with E-state index in [0.29, 0.717) is 17.1 Å². The Hall–Kier alpha value is -1.78. The predicted octanol–water partition coefficient (Wildman–Crippen LogP) is 0.320. The van der Waals surface area contributed by atoms with E-state index >= 15 is 0 Å². The molecule has 62 valence electrons. The van der Waals surface area contributed by atoms with Gasteiger partial charge in [0.2, 0.25) is 0 Å². The molecule has 0 bridgehead atoms. The second-order valence-electron chi connectivity index (χ2n) is 2.37. The molecule has 0 spiro atoms. The summed E-state index contributed by atoms with van der Waals surface area (Å²) in [6.45, 7) is 0. The second kappa shape index (κ2) is 2.37. The van der Waals surface area contributed by atoms with Gasteiger partial charge in [0.15, 0.2) is 11.4 Å². The Bertz CT molecular complexity index is 409. The summed E-state index contributed by atoms with van der Waals surface area (Å²) in [6.07, 6.45) is 3.14. The molecule has 5 nitrogen and oxygen atoms in total. The molecule has 12 heavy (non-hydrogen) atoms. The van der Waals surface area contributed by atoms with Crippen molar-refractivity contribution in [3.05, 3.63) is 18.6 Å². The lowest BCUT2D eigenvalue weighted by atomic mass is 10.4. The van der Waals surface area contributed by atoms with E-state index in [1.165, 1.54) is 6.33 Å². The number of methoxy groups -OCH3 is 1. The summed E-state index contributed by atoms with van der Waals surface area (Å²) in [4.78, 5) is 4.00. The van der Waals surface area contributed by atoms with Gasteiger partial charge in [0.05, 0.1) is 19.0 Å². The van der Waals surface area contributed by atoms with Gasteiger partial charge in [-0.15, -0.1) is 0 Å². The Kier molecular flexibility index (Phi) is 1.36. The third-order valence-corrected chi connectivity index (χ3v) is 1.58. The number of anilines is 1. The molecular weight excluding hydrogens is 156 g/mol. The fourth-order valence-electron chi connectivity index (χ4n) is 1.07. The van der Waals surface area contributed by atoms with Crippen molar-refractivity contribution in [1.29, 1.82) is 0 Å². The molecule has 0 fully saturated rings. The Labute approximate surface area is 68.8 Å². The maximum absolute atomic E-state index is 5.59. The quantitative estimate of drug-likeness (QED) is 0.659. The Morgan fingerprint density at radius 2 is 2.42 bits per heavy atom. The number of pyridine rings is 1. The van der Waals surface area contributed by atoms with Gasteiger partial charge < -0.3 is 10.5 Å². The summed E-state index contributed by atoms with van der Waals surface area (Å²) in [5.74, 6) is 0.632. The van der Waals surface area contributed by atoms with Gasteiger partial charge in [-0.3, -0.25) is 0 Å². The highest BCUT2D eigenvalue weighted by atomic mass is 16.5. The number of hydrogen-bond donors (Lipinski definition) is 1. The zero-order chi connectivity index (χ0) is 8.55. The second-order valence-corrected chi connectivity index (χ2v) is 2.37. The van der Waals surface area contributed by atoms with Crippen LogP contribution in [-0.2, 0) is 0 Å². The van der Waals surface area contributed by atoms with Gasteiger partial charge in [-0.25, -0.2) is 9.50 Å². The van der Waals surface area contributed by atoms with Gasteiger partial charge in [0.1, 0.15) is 6.33 Å². The number of nitrogens with zero attached hydrogens (tertiary/aromatic N) is 3. The normalized spacial score (nSPS) is 10.4. The first kappa shape index (κ1) is 6.90. The van der Waals surface area contributed by atoms with E-state index in [1.54, 1.807) is 23.9 Å². The van der Waals surface area contributed by atoms with Gasteiger partial charge >= 0.3 is 0 Å². The van der Waals surface area contributed by atoms with Crippen molar-refractivity contribution < 1.29 is 4.74 Å². The van der Waals surface area contributed by atoms with Crippen LogP contribution in [0.25, 0.3) is 5.65 Å². The lowest BCUT2D eigenvalue weighted by molar-refractivity contribution is 0.417. The van der Waals surface area contributed by atoms with Crippen molar-refractivity contribution in [2.24, 2.45) is 0 Å². The van der Waals surface area contributed by atoms with Crippen molar-refractivity contribution in [3.8, 4) is 5.75 Å². The van der Waals surface area contributed by atoms with Crippen LogP contribution in [0.1, 0.15) is 0 Å². The largest absolute Gasteiger partial charge is 0.493 e. The van der Waals surface area contributed by atoms with Crippen LogP contribution in [0.4, 0.5) is 5.69 Å². The van der Waals surface area contributed by atoms with Crippen LogP contribution in [0.3, 0.4) is 0 Å². The molecule has 2 aromatic rings. The van der Waals surface area contributed by atoms with Gasteiger partial charge in [-0.05, 0) is 0 Å².